The zero-order chi connectivity index (χ0) is 19.8. The molecule has 3 heteroatoms. The number of pyridine rings is 3. The third-order valence-corrected chi connectivity index (χ3v) is 4.09. The normalized spacial score (nSPS) is 9.93. The smallest absolute Gasteiger partial charge is 0.0731 e. The van der Waals surface area contributed by atoms with Gasteiger partial charge in [-0.3, -0.25) is 9.97 Å². The molecular weight excluding hydrogens is 342 g/mol. The van der Waals surface area contributed by atoms with E-state index in [0.717, 1.165) is 33.6 Å². The van der Waals surface area contributed by atoms with E-state index in [1.54, 1.807) is 18.5 Å². The Balaban J connectivity index is 0.000000706. The molecule has 0 bridgehead atoms. The molecule has 0 saturated heterocycles. The molecule has 1 aromatic carbocycles. The standard InChI is InChI=1S/C22H17N3.C3H6/c1-16-5-2-6-17(11-16)21-12-20(18-7-3-9-23-14-18)13-22(25-21)19-8-4-10-24-15-19;1-3-2/h2-15H,1H3;3H,1H2,2H3. The molecule has 0 fully saturated rings. The summed E-state index contributed by atoms with van der Waals surface area (Å²) >= 11 is 0. The molecule has 0 saturated carbocycles. The number of aryl methyl sites for hydroxylation is 1. The van der Waals surface area contributed by atoms with Crippen LogP contribution in [0.5, 0.6) is 0 Å². The van der Waals surface area contributed by atoms with Gasteiger partial charge in [0.25, 0.3) is 0 Å². The summed E-state index contributed by atoms with van der Waals surface area (Å²) in [6.07, 6.45) is 9.03. The summed E-state index contributed by atoms with van der Waals surface area (Å²) in [5, 5.41) is 0. The van der Waals surface area contributed by atoms with Gasteiger partial charge < -0.3 is 0 Å². The molecule has 0 aliphatic heterocycles. The number of aromatic nitrogens is 3. The Kier molecular flexibility index (Phi) is 6.42. The summed E-state index contributed by atoms with van der Waals surface area (Å²) in [6, 6.07) is 20.6. The van der Waals surface area contributed by atoms with Crippen LogP contribution in [0.25, 0.3) is 33.6 Å². The van der Waals surface area contributed by atoms with E-state index in [9.17, 15) is 0 Å². The van der Waals surface area contributed by atoms with Gasteiger partial charge in [0.15, 0.2) is 0 Å². The van der Waals surface area contributed by atoms with Crippen LogP contribution in [0.1, 0.15) is 12.5 Å². The molecule has 4 rings (SSSR count). The van der Waals surface area contributed by atoms with Crippen molar-refractivity contribution in [1.29, 1.82) is 0 Å². The van der Waals surface area contributed by atoms with Gasteiger partial charge in [-0.25, -0.2) is 4.98 Å². The molecule has 0 atom stereocenters. The monoisotopic (exact) mass is 365 g/mol. The summed E-state index contributed by atoms with van der Waals surface area (Å²) < 4.78 is 0. The molecule has 0 aliphatic rings. The molecule has 0 amide bonds. The van der Waals surface area contributed by atoms with Gasteiger partial charge in [0.05, 0.1) is 11.4 Å². The molecule has 3 nitrogen and oxygen atoms in total. The lowest BCUT2D eigenvalue weighted by Gasteiger charge is -2.10. The zero-order valence-electron chi connectivity index (χ0n) is 16.2. The minimum absolute atomic E-state index is 0.908. The van der Waals surface area contributed by atoms with Crippen molar-refractivity contribution in [2.75, 3.05) is 0 Å². The summed E-state index contributed by atoms with van der Waals surface area (Å²) in [4.78, 5) is 13.4. The molecule has 4 aromatic rings. The summed E-state index contributed by atoms with van der Waals surface area (Å²) in [5.74, 6) is 0. The fraction of sp³-hybridized carbons (Fsp3) is 0.0800. The Hall–Kier alpha value is -3.59. The highest BCUT2D eigenvalue weighted by molar-refractivity contribution is 5.76. The number of benzene rings is 1. The van der Waals surface area contributed by atoms with E-state index in [-0.39, 0.29) is 0 Å². The number of allylic oxidation sites excluding steroid dienone is 1. The molecule has 138 valence electrons. The minimum atomic E-state index is 0.908. The lowest BCUT2D eigenvalue weighted by Crippen LogP contribution is -1.92. The van der Waals surface area contributed by atoms with E-state index in [1.165, 1.54) is 5.56 Å². The predicted molar refractivity (Wildman–Crippen MR) is 117 cm³/mol. The van der Waals surface area contributed by atoms with Crippen LogP contribution < -0.4 is 0 Å². The van der Waals surface area contributed by atoms with Crippen molar-refractivity contribution in [2.24, 2.45) is 0 Å². The molecule has 3 heterocycles. The van der Waals surface area contributed by atoms with Crippen molar-refractivity contribution in [3.05, 3.63) is 104 Å². The fourth-order valence-corrected chi connectivity index (χ4v) is 2.85. The SMILES string of the molecule is C=CC.Cc1cccc(-c2cc(-c3cccnc3)cc(-c3cccnc3)n2)c1. The molecule has 0 aliphatic carbocycles. The van der Waals surface area contributed by atoms with Crippen LogP contribution in [0.15, 0.2) is 98.1 Å². The molecular formula is C25H23N3. The molecule has 0 unspecified atom stereocenters. The Morgan fingerprint density at radius 1 is 0.714 bits per heavy atom. The van der Waals surface area contributed by atoms with E-state index in [0.29, 0.717) is 0 Å². The van der Waals surface area contributed by atoms with E-state index in [1.807, 2.05) is 37.5 Å². The lowest BCUT2D eigenvalue weighted by molar-refractivity contribution is 1.27. The van der Waals surface area contributed by atoms with Gasteiger partial charge in [0.2, 0.25) is 0 Å². The second kappa shape index (κ2) is 9.38. The van der Waals surface area contributed by atoms with Crippen LogP contribution in [0.2, 0.25) is 0 Å². The third kappa shape index (κ3) is 4.77. The first kappa shape index (κ1) is 19.2. The van der Waals surface area contributed by atoms with Gasteiger partial charge in [0, 0.05) is 41.5 Å². The number of rotatable bonds is 3. The van der Waals surface area contributed by atoms with Crippen LogP contribution in [0, 0.1) is 6.92 Å². The van der Waals surface area contributed by atoms with Gasteiger partial charge in [-0.2, -0.15) is 0 Å². The zero-order valence-corrected chi connectivity index (χ0v) is 16.2. The maximum atomic E-state index is 4.88. The first-order chi connectivity index (χ1) is 13.7. The summed E-state index contributed by atoms with van der Waals surface area (Å²) in [5.41, 5.74) is 7.35. The van der Waals surface area contributed by atoms with E-state index in [4.69, 9.17) is 4.98 Å². The largest absolute Gasteiger partial charge is 0.264 e. The van der Waals surface area contributed by atoms with Crippen LogP contribution in [-0.2, 0) is 0 Å². The molecule has 3 aromatic heterocycles. The Morgan fingerprint density at radius 2 is 1.29 bits per heavy atom. The Labute approximate surface area is 166 Å². The van der Waals surface area contributed by atoms with E-state index < -0.39 is 0 Å². The third-order valence-electron chi connectivity index (χ3n) is 4.09. The maximum absolute atomic E-state index is 4.88. The van der Waals surface area contributed by atoms with Crippen LogP contribution in [-0.4, -0.2) is 15.0 Å². The van der Waals surface area contributed by atoms with Gasteiger partial charge in [0.1, 0.15) is 0 Å². The second-order valence-electron chi connectivity index (χ2n) is 6.39. The molecule has 0 radical (unpaired) electrons. The Bertz CT molecular complexity index is 984. The van der Waals surface area contributed by atoms with Crippen LogP contribution in [0.4, 0.5) is 0 Å². The fourth-order valence-electron chi connectivity index (χ4n) is 2.85. The first-order valence-corrected chi connectivity index (χ1v) is 9.18. The average molecular weight is 365 g/mol. The predicted octanol–water partition coefficient (Wildman–Crippen LogP) is 6.37. The summed E-state index contributed by atoms with van der Waals surface area (Å²) in [7, 11) is 0. The van der Waals surface area contributed by atoms with Crippen molar-refractivity contribution in [3.63, 3.8) is 0 Å². The van der Waals surface area contributed by atoms with Gasteiger partial charge in [-0.05, 0) is 55.8 Å². The van der Waals surface area contributed by atoms with Crippen molar-refractivity contribution in [3.8, 4) is 33.6 Å². The van der Waals surface area contributed by atoms with Crippen molar-refractivity contribution < 1.29 is 0 Å². The molecule has 0 spiro atoms. The molecule has 28 heavy (non-hydrogen) atoms. The van der Waals surface area contributed by atoms with Gasteiger partial charge >= 0.3 is 0 Å². The van der Waals surface area contributed by atoms with Gasteiger partial charge in [-0.15, -0.1) is 6.58 Å². The average Bonchev–Trinajstić information content (AvgIpc) is 2.75. The minimum Gasteiger partial charge on any atom is -0.264 e. The number of hydrogen-bond acceptors (Lipinski definition) is 3. The highest BCUT2D eigenvalue weighted by Gasteiger charge is 2.09. The highest BCUT2D eigenvalue weighted by atomic mass is 14.7. The van der Waals surface area contributed by atoms with Crippen molar-refractivity contribution >= 4 is 0 Å². The van der Waals surface area contributed by atoms with Crippen LogP contribution >= 0.6 is 0 Å². The lowest BCUT2D eigenvalue weighted by atomic mass is 10.0. The van der Waals surface area contributed by atoms with E-state index in [2.05, 4.69) is 65.9 Å². The van der Waals surface area contributed by atoms with Gasteiger partial charge in [-0.1, -0.05) is 35.9 Å². The second-order valence-corrected chi connectivity index (χ2v) is 6.39. The van der Waals surface area contributed by atoms with Crippen molar-refractivity contribution in [1.82, 2.24) is 15.0 Å². The molecule has 0 N–H and O–H groups in total. The quantitative estimate of drug-likeness (QED) is 0.396. The van der Waals surface area contributed by atoms with E-state index >= 15 is 0 Å². The van der Waals surface area contributed by atoms with Crippen LogP contribution in [0.3, 0.4) is 0 Å². The Morgan fingerprint density at radius 3 is 1.86 bits per heavy atom. The van der Waals surface area contributed by atoms with Crippen molar-refractivity contribution in [2.45, 2.75) is 13.8 Å². The topological polar surface area (TPSA) is 38.7 Å². The highest BCUT2D eigenvalue weighted by Crippen LogP contribution is 2.29. The number of nitrogens with zero attached hydrogens (tertiary/aromatic N) is 3. The maximum Gasteiger partial charge on any atom is 0.0731 e. The first-order valence-electron chi connectivity index (χ1n) is 9.18. The number of hydrogen-bond donors (Lipinski definition) is 0. The summed E-state index contributed by atoms with van der Waals surface area (Å²) in [6.45, 7) is 7.34.